The maximum atomic E-state index is 6.05. The van der Waals surface area contributed by atoms with Crippen molar-refractivity contribution in [3.05, 3.63) is 50.9 Å². The van der Waals surface area contributed by atoms with Gasteiger partial charge < -0.3 is 10.6 Å². The van der Waals surface area contributed by atoms with Crippen molar-refractivity contribution >= 4 is 28.9 Å². The highest BCUT2D eigenvalue weighted by Crippen LogP contribution is 2.17. The standard InChI is InChI=1S/C17H23ClN4S/c1-4-15-11-21-16(23-15)8-9-20-17(19-3)22-12(2)13-6-5-7-14(18)10-13/h5-7,10-12H,4,8-9H2,1-3H3,(H2,19,20,22). The number of thiazole rings is 1. The molecule has 2 N–H and O–H groups in total. The highest BCUT2D eigenvalue weighted by Gasteiger charge is 2.08. The lowest BCUT2D eigenvalue weighted by Crippen LogP contribution is -2.39. The molecule has 23 heavy (non-hydrogen) atoms. The molecule has 1 aromatic heterocycles. The van der Waals surface area contributed by atoms with E-state index >= 15 is 0 Å². The lowest BCUT2D eigenvalue weighted by atomic mass is 10.1. The minimum Gasteiger partial charge on any atom is -0.356 e. The molecule has 124 valence electrons. The maximum absolute atomic E-state index is 6.05. The van der Waals surface area contributed by atoms with Crippen LogP contribution in [0.15, 0.2) is 35.5 Å². The molecule has 2 aromatic rings. The molecule has 0 aliphatic heterocycles. The fourth-order valence-corrected chi connectivity index (χ4v) is 3.23. The Morgan fingerprint density at radius 3 is 2.91 bits per heavy atom. The molecule has 1 atom stereocenters. The van der Waals surface area contributed by atoms with Crippen LogP contribution in [-0.4, -0.2) is 24.5 Å². The largest absolute Gasteiger partial charge is 0.356 e. The topological polar surface area (TPSA) is 49.3 Å². The molecule has 4 nitrogen and oxygen atoms in total. The monoisotopic (exact) mass is 350 g/mol. The molecule has 0 radical (unpaired) electrons. The minimum atomic E-state index is 0.131. The predicted molar refractivity (Wildman–Crippen MR) is 99.6 cm³/mol. The molecule has 1 unspecified atom stereocenters. The van der Waals surface area contributed by atoms with Crippen LogP contribution >= 0.6 is 22.9 Å². The van der Waals surface area contributed by atoms with E-state index in [1.165, 1.54) is 4.88 Å². The lowest BCUT2D eigenvalue weighted by Gasteiger charge is -2.18. The highest BCUT2D eigenvalue weighted by molar-refractivity contribution is 7.11. The zero-order valence-electron chi connectivity index (χ0n) is 13.8. The second-order valence-corrected chi connectivity index (χ2v) is 6.88. The summed E-state index contributed by atoms with van der Waals surface area (Å²) in [5.74, 6) is 0.782. The molecule has 1 aromatic carbocycles. The van der Waals surface area contributed by atoms with E-state index in [-0.39, 0.29) is 6.04 Å². The van der Waals surface area contributed by atoms with Crippen LogP contribution in [0.25, 0.3) is 0 Å². The summed E-state index contributed by atoms with van der Waals surface area (Å²) in [5, 5.41) is 8.61. The molecule has 0 spiro atoms. The van der Waals surface area contributed by atoms with Gasteiger partial charge in [-0.3, -0.25) is 4.99 Å². The molecule has 0 saturated carbocycles. The smallest absolute Gasteiger partial charge is 0.191 e. The number of benzene rings is 1. The number of hydrogen-bond acceptors (Lipinski definition) is 3. The summed E-state index contributed by atoms with van der Waals surface area (Å²) in [6.07, 6.45) is 3.91. The van der Waals surface area contributed by atoms with Crippen molar-refractivity contribution in [2.24, 2.45) is 4.99 Å². The second kappa shape index (κ2) is 8.89. The van der Waals surface area contributed by atoms with E-state index in [0.29, 0.717) is 0 Å². The third-order valence-corrected chi connectivity index (χ3v) is 4.94. The number of rotatable bonds is 6. The quantitative estimate of drug-likeness (QED) is 0.615. The van der Waals surface area contributed by atoms with Gasteiger partial charge in [0.25, 0.3) is 0 Å². The molecular formula is C17H23ClN4S. The van der Waals surface area contributed by atoms with Crippen LogP contribution in [0.3, 0.4) is 0 Å². The first-order chi connectivity index (χ1) is 11.1. The Balaban J connectivity index is 1.83. The van der Waals surface area contributed by atoms with Crippen molar-refractivity contribution in [2.45, 2.75) is 32.7 Å². The van der Waals surface area contributed by atoms with Crippen LogP contribution in [0.5, 0.6) is 0 Å². The van der Waals surface area contributed by atoms with Crippen molar-refractivity contribution in [3.8, 4) is 0 Å². The molecule has 0 saturated heterocycles. The summed E-state index contributed by atoms with van der Waals surface area (Å²) < 4.78 is 0. The first-order valence-corrected chi connectivity index (χ1v) is 8.98. The average Bonchev–Trinajstić information content (AvgIpc) is 3.01. The summed E-state index contributed by atoms with van der Waals surface area (Å²) in [4.78, 5) is 10.0. The van der Waals surface area contributed by atoms with Gasteiger partial charge in [-0.25, -0.2) is 4.98 Å². The summed E-state index contributed by atoms with van der Waals surface area (Å²) in [6.45, 7) is 5.05. The number of nitrogens with zero attached hydrogens (tertiary/aromatic N) is 2. The van der Waals surface area contributed by atoms with E-state index in [2.05, 4.69) is 40.5 Å². The average molecular weight is 351 g/mol. The van der Waals surface area contributed by atoms with Gasteiger partial charge in [-0.05, 0) is 31.0 Å². The van der Waals surface area contributed by atoms with Crippen LogP contribution < -0.4 is 10.6 Å². The molecule has 0 aliphatic rings. The number of aromatic nitrogens is 1. The van der Waals surface area contributed by atoms with Crippen molar-refractivity contribution in [1.82, 2.24) is 15.6 Å². The van der Waals surface area contributed by atoms with Gasteiger partial charge >= 0.3 is 0 Å². The molecule has 0 amide bonds. The zero-order valence-corrected chi connectivity index (χ0v) is 15.3. The van der Waals surface area contributed by atoms with Crippen molar-refractivity contribution in [2.75, 3.05) is 13.6 Å². The number of guanidine groups is 1. The van der Waals surface area contributed by atoms with Gasteiger partial charge in [-0.15, -0.1) is 11.3 Å². The summed E-state index contributed by atoms with van der Waals surface area (Å²) >= 11 is 7.82. The van der Waals surface area contributed by atoms with Crippen molar-refractivity contribution in [1.29, 1.82) is 0 Å². The van der Waals surface area contributed by atoms with E-state index < -0.39 is 0 Å². The van der Waals surface area contributed by atoms with E-state index in [1.54, 1.807) is 18.4 Å². The minimum absolute atomic E-state index is 0.131. The number of nitrogens with one attached hydrogen (secondary N) is 2. The molecular weight excluding hydrogens is 328 g/mol. The van der Waals surface area contributed by atoms with Gasteiger partial charge in [-0.1, -0.05) is 30.7 Å². The second-order valence-electron chi connectivity index (χ2n) is 5.24. The van der Waals surface area contributed by atoms with Crippen molar-refractivity contribution in [3.63, 3.8) is 0 Å². The Bertz CT molecular complexity index is 654. The SMILES string of the molecule is CCc1cnc(CCNC(=NC)NC(C)c2cccc(Cl)c2)s1. The van der Waals surface area contributed by atoms with Crippen LogP contribution in [0.1, 0.15) is 35.3 Å². The number of hydrogen-bond donors (Lipinski definition) is 2. The van der Waals surface area contributed by atoms with Crippen LogP contribution in [0.2, 0.25) is 5.02 Å². The van der Waals surface area contributed by atoms with E-state index in [9.17, 15) is 0 Å². The molecule has 0 bridgehead atoms. The van der Waals surface area contributed by atoms with Gasteiger partial charge in [0.15, 0.2) is 5.96 Å². The number of halogens is 1. The Morgan fingerprint density at radius 2 is 2.26 bits per heavy atom. The lowest BCUT2D eigenvalue weighted by molar-refractivity contribution is 0.684. The Hall–Kier alpha value is -1.59. The Morgan fingerprint density at radius 1 is 1.43 bits per heavy atom. The molecule has 0 aliphatic carbocycles. The van der Waals surface area contributed by atoms with Crippen LogP contribution in [0.4, 0.5) is 0 Å². The number of aryl methyl sites for hydroxylation is 1. The first-order valence-electron chi connectivity index (χ1n) is 7.78. The summed E-state index contributed by atoms with van der Waals surface area (Å²) in [5.41, 5.74) is 1.13. The zero-order chi connectivity index (χ0) is 16.7. The highest BCUT2D eigenvalue weighted by atomic mass is 35.5. The fourth-order valence-electron chi connectivity index (χ4n) is 2.17. The van der Waals surface area contributed by atoms with E-state index in [0.717, 1.165) is 40.9 Å². The third-order valence-electron chi connectivity index (χ3n) is 3.51. The van der Waals surface area contributed by atoms with Gasteiger partial charge in [-0.2, -0.15) is 0 Å². The fraction of sp³-hybridized carbons (Fsp3) is 0.412. The van der Waals surface area contributed by atoms with Gasteiger partial charge in [0.1, 0.15) is 0 Å². The van der Waals surface area contributed by atoms with Crippen LogP contribution in [0, 0.1) is 0 Å². The van der Waals surface area contributed by atoms with Crippen molar-refractivity contribution < 1.29 is 0 Å². The van der Waals surface area contributed by atoms with Gasteiger partial charge in [0, 0.05) is 36.1 Å². The Labute approximate surface area is 147 Å². The molecule has 0 fully saturated rings. The van der Waals surface area contributed by atoms with E-state index in [1.807, 2.05) is 24.4 Å². The predicted octanol–water partition coefficient (Wildman–Crippen LogP) is 3.83. The normalized spacial score (nSPS) is 13.0. The molecule has 6 heteroatoms. The number of aliphatic imine (C=N–C) groups is 1. The first kappa shape index (κ1) is 17.8. The Kier molecular flexibility index (Phi) is 6.86. The third kappa shape index (κ3) is 5.52. The maximum Gasteiger partial charge on any atom is 0.191 e. The summed E-state index contributed by atoms with van der Waals surface area (Å²) in [6, 6.07) is 7.99. The molecule has 2 rings (SSSR count). The van der Waals surface area contributed by atoms with Gasteiger partial charge in [0.2, 0.25) is 0 Å². The van der Waals surface area contributed by atoms with Gasteiger partial charge in [0.05, 0.1) is 11.0 Å². The summed E-state index contributed by atoms with van der Waals surface area (Å²) in [7, 11) is 1.78. The van der Waals surface area contributed by atoms with Crippen LogP contribution in [-0.2, 0) is 12.8 Å². The molecule has 1 heterocycles. The van der Waals surface area contributed by atoms with E-state index in [4.69, 9.17) is 11.6 Å².